The number of hydrogen-bond donors (Lipinski definition) is 4. The molecule has 1 spiro atoms. The van der Waals surface area contributed by atoms with Gasteiger partial charge in [0.1, 0.15) is 11.9 Å². The molecule has 2 aromatic heterocycles. The molecule has 1 amide bonds. The number of nitrogens with zero attached hydrogens (tertiary/aromatic N) is 5. The lowest BCUT2D eigenvalue weighted by atomic mass is 9.68. The van der Waals surface area contributed by atoms with Gasteiger partial charge in [-0.1, -0.05) is 0 Å². The van der Waals surface area contributed by atoms with Crippen LogP contribution < -0.4 is 21.3 Å². The first-order valence-electron chi connectivity index (χ1n) is 10.7. The highest BCUT2D eigenvalue weighted by Crippen LogP contribution is 2.42. The molecule has 0 atom stereocenters. The van der Waals surface area contributed by atoms with Crippen LogP contribution in [0.15, 0.2) is 18.5 Å². The molecule has 10 heteroatoms. The zero-order chi connectivity index (χ0) is 21.7. The lowest BCUT2D eigenvalue weighted by Crippen LogP contribution is -2.44. The Bertz CT molecular complexity index is 954. The van der Waals surface area contributed by atoms with Gasteiger partial charge in [-0.3, -0.25) is 4.79 Å². The van der Waals surface area contributed by atoms with E-state index < -0.39 is 0 Å². The summed E-state index contributed by atoms with van der Waals surface area (Å²) in [6.07, 6.45) is 9.86. The van der Waals surface area contributed by atoms with Crippen molar-refractivity contribution in [2.24, 2.45) is 5.41 Å². The molecule has 2 aliphatic rings. The van der Waals surface area contributed by atoms with Gasteiger partial charge in [0.15, 0.2) is 17.2 Å². The number of carbonyl (C=O) groups is 1. The second-order valence-corrected chi connectivity index (χ2v) is 8.29. The Morgan fingerprint density at radius 2 is 2.03 bits per heavy atom. The Morgan fingerprint density at radius 3 is 2.68 bits per heavy atom. The van der Waals surface area contributed by atoms with Crippen molar-refractivity contribution in [2.45, 2.75) is 44.6 Å². The van der Waals surface area contributed by atoms with Crippen molar-refractivity contribution >= 4 is 23.2 Å². The Morgan fingerprint density at radius 1 is 1.19 bits per heavy atom. The third-order valence-electron chi connectivity index (χ3n) is 6.23. The van der Waals surface area contributed by atoms with E-state index in [1.807, 2.05) is 6.07 Å². The minimum atomic E-state index is -0.288. The zero-order valence-corrected chi connectivity index (χ0v) is 17.6. The van der Waals surface area contributed by atoms with E-state index >= 15 is 0 Å². The number of piperidine rings is 1. The van der Waals surface area contributed by atoms with Crippen molar-refractivity contribution in [3.8, 4) is 6.07 Å². The summed E-state index contributed by atoms with van der Waals surface area (Å²) in [6.45, 7) is 2.24. The van der Waals surface area contributed by atoms with Crippen LogP contribution in [0.4, 0.5) is 17.3 Å². The molecule has 0 aromatic carbocycles. The predicted molar refractivity (Wildman–Crippen MR) is 116 cm³/mol. The molecule has 2 aromatic rings. The first-order chi connectivity index (χ1) is 15.1. The van der Waals surface area contributed by atoms with Gasteiger partial charge in [0, 0.05) is 25.7 Å². The normalized spacial score (nSPS) is 23.0. The molecule has 4 N–H and O–H groups in total. The maximum atomic E-state index is 12.3. The van der Waals surface area contributed by atoms with E-state index in [1.54, 1.807) is 13.1 Å². The number of amides is 1. The van der Waals surface area contributed by atoms with E-state index in [0.717, 1.165) is 25.9 Å². The Labute approximate surface area is 181 Å². The van der Waals surface area contributed by atoms with Gasteiger partial charge >= 0.3 is 0 Å². The van der Waals surface area contributed by atoms with E-state index in [4.69, 9.17) is 5.26 Å². The predicted octanol–water partition coefficient (Wildman–Crippen LogP) is 1.97. The fourth-order valence-corrected chi connectivity index (χ4v) is 4.48. The van der Waals surface area contributed by atoms with Crippen LogP contribution in [0.1, 0.15) is 54.7 Å². The smallest absolute Gasteiger partial charge is 0.273 e. The van der Waals surface area contributed by atoms with Gasteiger partial charge in [-0.2, -0.15) is 5.26 Å². The van der Waals surface area contributed by atoms with Gasteiger partial charge in [0.25, 0.3) is 5.91 Å². The fraction of sp³-hybridized carbons (Fsp3) is 0.524. The molecule has 4 rings (SSSR count). The highest BCUT2D eigenvalue weighted by Gasteiger charge is 2.36. The van der Waals surface area contributed by atoms with Crippen LogP contribution in [0.5, 0.6) is 0 Å². The van der Waals surface area contributed by atoms with Crippen molar-refractivity contribution in [3.05, 3.63) is 29.8 Å². The van der Waals surface area contributed by atoms with Crippen LogP contribution >= 0.6 is 0 Å². The molecule has 1 aliphatic carbocycles. The molecule has 31 heavy (non-hydrogen) atoms. The maximum absolute atomic E-state index is 12.3. The number of anilines is 3. The molecule has 0 bridgehead atoms. The van der Waals surface area contributed by atoms with Crippen molar-refractivity contribution in [3.63, 3.8) is 0 Å². The molecule has 1 saturated carbocycles. The summed E-state index contributed by atoms with van der Waals surface area (Å²) >= 11 is 0. The molecule has 0 radical (unpaired) electrons. The van der Waals surface area contributed by atoms with Crippen LogP contribution in [-0.2, 0) is 0 Å². The van der Waals surface area contributed by atoms with E-state index in [2.05, 4.69) is 41.4 Å². The summed E-state index contributed by atoms with van der Waals surface area (Å²) in [4.78, 5) is 20.5. The number of aromatic nitrogens is 4. The molecule has 10 nitrogen and oxygen atoms in total. The van der Waals surface area contributed by atoms with Crippen molar-refractivity contribution in [1.82, 2.24) is 30.8 Å². The number of hydrogen-bond acceptors (Lipinski definition) is 9. The number of nitriles is 1. The monoisotopic (exact) mass is 421 g/mol. The molecular formula is C21H27N9O. The summed E-state index contributed by atoms with van der Waals surface area (Å²) in [6, 6.07) is 3.98. The Kier molecular flexibility index (Phi) is 6.23. The van der Waals surface area contributed by atoms with E-state index in [-0.39, 0.29) is 23.3 Å². The Hall–Kier alpha value is -3.32. The maximum Gasteiger partial charge on any atom is 0.273 e. The highest BCUT2D eigenvalue weighted by molar-refractivity contribution is 5.97. The molecule has 1 saturated heterocycles. The standard InChI is InChI=1S/C21H27N9O/c1-23-20(31)19-16(27-14-3-6-21(7-4-14)5-2-8-24-13-21)9-17(29-30-19)28-18-12-25-15(10-22)11-26-18/h9,11-12,14,24H,2-8,13H2,1H3,(H,23,31)(H2,26,27,28,29). The lowest BCUT2D eigenvalue weighted by molar-refractivity contribution is 0.0957. The molecule has 1 aliphatic heterocycles. The topological polar surface area (TPSA) is 141 Å². The number of rotatable bonds is 5. The fourth-order valence-electron chi connectivity index (χ4n) is 4.48. The van der Waals surface area contributed by atoms with Crippen LogP contribution in [0.2, 0.25) is 0 Å². The Balaban J connectivity index is 1.48. The van der Waals surface area contributed by atoms with Gasteiger partial charge in [0.05, 0.1) is 18.1 Å². The summed E-state index contributed by atoms with van der Waals surface area (Å²) in [5, 5.41) is 29.8. The quantitative estimate of drug-likeness (QED) is 0.570. The minimum Gasteiger partial charge on any atom is -0.380 e. The first kappa shape index (κ1) is 20.9. The summed E-state index contributed by atoms with van der Waals surface area (Å²) in [7, 11) is 1.58. The largest absolute Gasteiger partial charge is 0.380 e. The van der Waals surface area contributed by atoms with E-state index in [1.165, 1.54) is 38.1 Å². The van der Waals surface area contributed by atoms with Crippen molar-refractivity contribution < 1.29 is 4.79 Å². The third-order valence-corrected chi connectivity index (χ3v) is 6.23. The average molecular weight is 422 g/mol. The SMILES string of the molecule is CNC(=O)c1nnc(Nc2cnc(C#N)cn2)cc1NC1CCC2(CCCNC2)CC1. The summed E-state index contributed by atoms with van der Waals surface area (Å²) in [5.74, 6) is 0.595. The lowest BCUT2D eigenvalue weighted by Gasteiger charge is -2.43. The van der Waals surface area contributed by atoms with Crippen LogP contribution in [0.25, 0.3) is 0 Å². The van der Waals surface area contributed by atoms with Gasteiger partial charge < -0.3 is 21.3 Å². The van der Waals surface area contributed by atoms with Gasteiger partial charge in [0.2, 0.25) is 0 Å². The van der Waals surface area contributed by atoms with Crippen LogP contribution in [-0.4, -0.2) is 52.3 Å². The highest BCUT2D eigenvalue weighted by atomic mass is 16.1. The third kappa shape index (κ3) is 4.88. The van der Waals surface area contributed by atoms with Gasteiger partial charge in [-0.15, -0.1) is 10.2 Å². The molecule has 2 fully saturated rings. The van der Waals surface area contributed by atoms with Crippen LogP contribution in [0, 0.1) is 16.7 Å². The summed E-state index contributed by atoms with van der Waals surface area (Å²) in [5.41, 5.74) is 1.56. The molecule has 162 valence electrons. The van der Waals surface area contributed by atoms with Gasteiger partial charge in [-0.25, -0.2) is 9.97 Å². The van der Waals surface area contributed by atoms with Crippen LogP contribution in [0.3, 0.4) is 0 Å². The first-order valence-corrected chi connectivity index (χ1v) is 10.7. The summed E-state index contributed by atoms with van der Waals surface area (Å²) < 4.78 is 0. The second-order valence-electron chi connectivity index (χ2n) is 8.29. The minimum absolute atomic E-state index is 0.234. The van der Waals surface area contributed by atoms with E-state index in [0.29, 0.717) is 22.7 Å². The number of nitrogens with one attached hydrogen (secondary N) is 4. The van der Waals surface area contributed by atoms with Crippen molar-refractivity contribution in [1.29, 1.82) is 5.26 Å². The molecular weight excluding hydrogens is 394 g/mol. The average Bonchev–Trinajstić information content (AvgIpc) is 2.81. The van der Waals surface area contributed by atoms with Gasteiger partial charge in [-0.05, 0) is 50.5 Å². The number of carbonyl (C=O) groups excluding carboxylic acids is 1. The van der Waals surface area contributed by atoms with Crippen molar-refractivity contribution in [2.75, 3.05) is 30.8 Å². The molecule has 0 unspecified atom stereocenters. The molecule has 3 heterocycles. The zero-order valence-electron chi connectivity index (χ0n) is 17.6. The second kappa shape index (κ2) is 9.22. The van der Waals surface area contributed by atoms with E-state index in [9.17, 15) is 4.79 Å².